The molecule has 2 aromatic rings. The predicted octanol–water partition coefficient (Wildman–Crippen LogP) is 3.93. The molecule has 0 saturated carbocycles. The Labute approximate surface area is 122 Å². The summed E-state index contributed by atoms with van der Waals surface area (Å²) in [4.78, 5) is 11.7. The Morgan fingerprint density at radius 1 is 1.20 bits per heavy atom. The quantitative estimate of drug-likeness (QED) is 0.781. The van der Waals surface area contributed by atoms with Gasteiger partial charge in [0.15, 0.2) is 0 Å². The lowest BCUT2D eigenvalue weighted by Gasteiger charge is -2.16. The Morgan fingerprint density at radius 3 is 2.50 bits per heavy atom. The zero-order valence-corrected chi connectivity index (χ0v) is 11.7. The monoisotopic (exact) mass is 292 g/mol. The van der Waals surface area contributed by atoms with E-state index >= 15 is 0 Å². The molecule has 2 rings (SSSR count). The molecule has 0 N–H and O–H groups in total. The second kappa shape index (κ2) is 6.53. The summed E-state index contributed by atoms with van der Waals surface area (Å²) in [5.74, 6) is -0.498. The lowest BCUT2D eigenvalue weighted by Crippen LogP contribution is -2.12. The Bertz CT molecular complexity index is 613. The fourth-order valence-electron chi connectivity index (χ4n) is 2.16. The number of para-hydroxylation sites is 1. The van der Waals surface area contributed by atoms with E-state index in [0.717, 1.165) is 5.56 Å². The fourth-order valence-corrected chi connectivity index (χ4v) is 2.36. The van der Waals surface area contributed by atoms with Crippen LogP contribution in [-0.4, -0.2) is 12.4 Å². The van der Waals surface area contributed by atoms with Crippen LogP contribution >= 0.6 is 11.6 Å². The van der Waals surface area contributed by atoms with Crippen LogP contribution in [0.4, 0.5) is 4.39 Å². The molecule has 0 aliphatic rings. The minimum Gasteiger partial charge on any atom is -0.496 e. The maximum Gasteiger partial charge on any atom is 0.229 e. The van der Waals surface area contributed by atoms with E-state index in [0.29, 0.717) is 17.7 Å². The molecular formula is C16H14ClFO2. The number of hydrogen-bond acceptors (Lipinski definition) is 2. The van der Waals surface area contributed by atoms with E-state index in [9.17, 15) is 9.18 Å². The van der Waals surface area contributed by atoms with Gasteiger partial charge < -0.3 is 4.74 Å². The molecular weight excluding hydrogens is 279 g/mol. The van der Waals surface area contributed by atoms with Crippen LogP contribution in [0, 0.1) is 5.82 Å². The molecule has 0 radical (unpaired) electrons. The Hall–Kier alpha value is -1.87. The average molecular weight is 293 g/mol. The first-order chi connectivity index (χ1) is 9.63. The highest BCUT2D eigenvalue weighted by atomic mass is 35.5. The number of carbonyl (C=O) groups excluding carboxylic acids is 1. The summed E-state index contributed by atoms with van der Waals surface area (Å²) in [6, 6.07) is 13.5. The van der Waals surface area contributed by atoms with Crippen molar-refractivity contribution in [1.82, 2.24) is 0 Å². The number of ether oxygens (including phenoxy) is 1. The maximum absolute atomic E-state index is 13.8. The summed E-state index contributed by atoms with van der Waals surface area (Å²) in [6.07, 6.45) is 0.299. The van der Waals surface area contributed by atoms with Gasteiger partial charge in [0.1, 0.15) is 11.6 Å². The lowest BCUT2D eigenvalue weighted by molar-refractivity contribution is -0.113. The SMILES string of the molecule is COc1ccccc1CC(C(=O)Cl)c1ccccc1F. The van der Waals surface area contributed by atoms with Gasteiger partial charge in [-0.15, -0.1) is 0 Å². The smallest absolute Gasteiger partial charge is 0.229 e. The van der Waals surface area contributed by atoms with E-state index in [-0.39, 0.29) is 0 Å². The van der Waals surface area contributed by atoms with Crippen LogP contribution in [0.2, 0.25) is 0 Å². The maximum atomic E-state index is 13.8. The number of rotatable bonds is 5. The molecule has 0 bridgehead atoms. The Balaban J connectivity index is 2.36. The van der Waals surface area contributed by atoms with Gasteiger partial charge in [0.05, 0.1) is 13.0 Å². The van der Waals surface area contributed by atoms with E-state index in [1.807, 2.05) is 18.2 Å². The highest BCUT2D eigenvalue weighted by Gasteiger charge is 2.23. The molecule has 0 fully saturated rings. The van der Waals surface area contributed by atoms with Crippen LogP contribution in [0.25, 0.3) is 0 Å². The molecule has 0 aliphatic carbocycles. The molecule has 104 valence electrons. The molecule has 0 spiro atoms. The van der Waals surface area contributed by atoms with E-state index in [4.69, 9.17) is 16.3 Å². The molecule has 20 heavy (non-hydrogen) atoms. The van der Waals surface area contributed by atoms with Gasteiger partial charge in [-0.3, -0.25) is 4.79 Å². The highest BCUT2D eigenvalue weighted by Crippen LogP contribution is 2.29. The summed E-state index contributed by atoms with van der Waals surface area (Å²) in [5, 5.41) is -0.582. The number of benzene rings is 2. The highest BCUT2D eigenvalue weighted by molar-refractivity contribution is 6.64. The Kier molecular flexibility index (Phi) is 4.74. The van der Waals surface area contributed by atoms with Crippen molar-refractivity contribution in [2.75, 3.05) is 7.11 Å². The van der Waals surface area contributed by atoms with E-state index in [2.05, 4.69) is 0 Å². The van der Waals surface area contributed by atoms with Crippen LogP contribution in [0.15, 0.2) is 48.5 Å². The fraction of sp³-hybridized carbons (Fsp3) is 0.188. The van der Waals surface area contributed by atoms with Crippen molar-refractivity contribution in [3.63, 3.8) is 0 Å². The van der Waals surface area contributed by atoms with E-state index in [1.54, 1.807) is 31.4 Å². The molecule has 0 aromatic heterocycles. The minimum absolute atomic E-state index is 0.299. The summed E-state index contributed by atoms with van der Waals surface area (Å²) >= 11 is 5.65. The van der Waals surface area contributed by atoms with Crippen LogP contribution in [0.5, 0.6) is 5.75 Å². The van der Waals surface area contributed by atoms with E-state index in [1.165, 1.54) is 6.07 Å². The largest absolute Gasteiger partial charge is 0.496 e. The molecule has 1 unspecified atom stereocenters. The first kappa shape index (κ1) is 14.5. The number of methoxy groups -OCH3 is 1. The number of carbonyl (C=O) groups is 1. The third-order valence-corrected chi connectivity index (χ3v) is 3.43. The first-order valence-electron chi connectivity index (χ1n) is 6.19. The molecule has 0 saturated heterocycles. The predicted molar refractivity (Wildman–Crippen MR) is 76.7 cm³/mol. The third-order valence-electron chi connectivity index (χ3n) is 3.17. The van der Waals surface area contributed by atoms with Crippen molar-refractivity contribution in [2.24, 2.45) is 0 Å². The number of hydrogen-bond donors (Lipinski definition) is 0. The summed E-state index contributed by atoms with van der Waals surface area (Å²) in [5.41, 5.74) is 1.12. The first-order valence-corrected chi connectivity index (χ1v) is 6.57. The molecule has 0 aliphatic heterocycles. The number of halogens is 2. The summed E-state index contributed by atoms with van der Waals surface area (Å²) < 4.78 is 19.1. The second-order valence-electron chi connectivity index (χ2n) is 4.39. The summed E-state index contributed by atoms with van der Waals surface area (Å²) in [7, 11) is 1.56. The minimum atomic E-state index is -0.728. The zero-order valence-electron chi connectivity index (χ0n) is 11.0. The van der Waals surface area contributed by atoms with Crippen molar-refractivity contribution >= 4 is 16.8 Å². The van der Waals surface area contributed by atoms with Gasteiger partial charge in [0, 0.05) is 0 Å². The van der Waals surface area contributed by atoms with Gasteiger partial charge in [-0.05, 0) is 41.3 Å². The third kappa shape index (κ3) is 3.17. The molecule has 1 atom stereocenters. The second-order valence-corrected chi connectivity index (χ2v) is 4.77. The van der Waals surface area contributed by atoms with Crippen LogP contribution in [0.3, 0.4) is 0 Å². The molecule has 4 heteroatoms. The van der Waals surface area contributed by atoms with Gasteiger partial charge in [0.2, 0.25) is 5.24 Å². The van der Waals surface area contributed by atoms with Gasteiger partial charge in [-0.1, -0.05) is 36.4 Å². The topological polar surface area (TPSA) is 26.3 Å². The van der Waals surface area contributed by atoms with E-state index < -0.39 is 17.0 Å². The van der Waals surface area contributed by atoms with Gasteiger partial charge >= 0.3 is 0 Å². The van der Waals surface area contributed by atoms with Crippen LogP contribution in [0.1, 0.15) is 17.0 Å². The van der Waals surface area contributed by atoms with Gasteiger partial charge in [-0.25, -0.2) is 4.39 Å². The van der Waals surface area contributed by atoms with Gasteiger partial charge in [0.25, 0.3) is 0 Å². The van der Waals surface area contributed by atoms with Gasteiger partial charge in [-0.2, -0.15) is 0 Å². The van der Waals surface area contributed by atoms with Crippen molar-refractivity contribution in [3.05, 3.63) is 65.5 Å². The standard InChI is InChI=1S/C16H14ClFO2/c1-20-15-9-5-2-6-11(15)10-13(16(17)19)12-7-3-4-8-14(12)18/h2-9,13H,10H2,1H3. The Morgan fingerprint density at radius 2 is 1.85 bits per heavy atom. The lowest BCUT2D eigenvalue weighted by atomic mass is 9.92. The average Bonchev–Trinajstić information content (AvgIpc) is 2.46. The van der Waals surface area contributed by atoms with Crippen molar-refractivity contribution in [1.29, 1.82) is 0 Å². The molecule has 2 aromatic carbocycles. The summed E-state index contributed by atoms with van der Waals surface area (Å²) in [6.45, 7) is 0. The van der Waals surface area contributed by atoms with Crippen molar-refractivity contribution in [2.45, 2.75) is 12.3 Å². The van der Waals surface area contributed by atoms with Crippen molar-refractivity contribution < 1.29 is 13.9 Å². The van der Waals surface area contributed by atoms with Crippen LogP contribution < -0.4 is 4.74 Å². The van der Waals surface area contributed by atoms with Crippen molar-refractivity contribution in [3.8, 4) is 5.75 Å². The zero-order chi connectivity index (χ0) is 14.5. The normalized spacial score (nSPS) is 11.9. The molecule has 0 heterocycles. The molecule has 2 nitrogen and oxygen atoms in total. The molecule has 0 amide bonds. The van der Waals surface area contributed by atoms with Crippen LogP contribution in [-0.2, 0) is 11.2 Å².